The highest BCUT2D eigenvalue weighted by Crippen LogP contribution is 2.28. The molecule has 0 aliphatic heterocycles. The zero-order chi connectivity index (χ0) is 18.2. The second-order valence-corrected chi connectivity index (χ2v) is 5.28. The van der Waals surface area contributed by atoms with E-state index in [0.717, 1.165) is 12.0 Å². The highest BCUT2D eigenvalue weighted by Gasteiger charge is 2.08. The van der Waals surface area contributed by atoms with Gasteiger partial charge in [-0.1, -0.05) is 6.92 Å². The van der Waals surface area contributed by atoms with Crippen LogP contribution in [0.15, 0.2) is 41.6 Å². The Hall–Kier alpha value is -3.16. The molecule has 0 fully saturated rings. The van der Waals surface area contributed by atoms with Crippen molar-refractivity contribution in [3.05, 3.63) is 52.2 Å². The second kappa shape index (κ2) is 8.62. The minimum absolute atomic E-state index is 0.0730. The van der Waals surface area contributed by atoms with Crippen molar-refractivity contribution in [2.75, 3.05) is 12.5 Å². The maximum absolute atomic E-state index is 10.6. The third-order valence-corrected chi connectivity index (χ3v) is 3.44. The van der Waals surface area contributed by atoms with Crippen molar-refractivity contribution in [3.8, 4) is 11.5 Å². The number of ether oxygens (including phenoxy) is 2. The Balaban J connectivity index is 2.04. The van der Waals surface area contributed by atoms with Crippen LogP contribution in [-0.2, 0) is 0 Å². The van der Waals surface area contributed by atoms with Gasteiger partial charge in [0, 0.05) is 6.07 Å². The molecule has 0 amide bonds. The highest BCUT2D eigenvalue weighted by molar-refractivity contribution is 5.81. The van der Waals surface area contributed by atoms with Gasteiger partial charge in [0.1, 0.15) is 12.0 Å². The van der Waals surface area contributed by atoms with Crippen molar-refractivity contribution in [3.63, 3.8) is 0 Å². The van der Waals surface area contributed by atoms with Crippen molar-refractivity contribution in [1.29, 1.82) is 0 Å². The molecule has 0 saturated carbocycles. The molecule has 8 nitrogen and oxygen atoms in total. The fourth-order valence-corrected chi connectivity index (χ4v) is 1.90. The van der Waals surface area contributed by atoms with Crippen molar-refractivity contribution in [1.82, 2.24) is 4.98 Å². The first kappa shape index (κ1) is 18.2. The third kappa shape index (κ3) is 5.17. The Bertz CT molecular complexity index is 747. The van der Waals surface area contributed by atoms with Crippen LogP contribution in [0.1, 0.15) is 25.8 Å². The summed E-state index contributed by atoms with van der Waals surface area (Å²) in [5.41, 5.74) is 3.45. The first-order chi connectivity index (χ1) is 12.0. The summed E-state index contributed by atoms with van der Waals surface area (Å²) in [5.74, 6) is 1.71. The SMILES string of the molecule is CC[C@H](C)Oc1ccc(/C=N/Nc2ccc([N+](=O)[O-])cn2)cc1OC. The zero-order valence-electron chi connectivity index (χ0n) is 14.3. The van der Waals surface area contributed by atoms with Gasteiger partial charge in [-0.3, -0.25) is 15.5 Å². The van der Waals surface area contributed by atoms with E-state index in [-0.39, 0.29) is 11.8 Å². The molecule has 1 atom stereocenters. The van der Waals surface area contributed by atoms with Gasteiger partial charge >= 0.3 is 0 Å². The van der Waals surface area contributed by atoms with E-state index in [9.17, 15) is 10.1 Å². The van der Waals surface area contributed by atoms with E-state index in [1.807, 2.05) is 25.1 Å². The summed E-state index contributed by atoms with van der Waals surface area (Å²) in [6, 6.07) is 8.34. The van der Waals surface area contributed by atoms with Gasteiger partial charge < -0.3 is 9.47 Å². The predicted octanol–water partition coefficient (Wildman–Crippen LogP) is 3.62. The Morgan fingerprint density at radius 2 is 2.16 bits per heavy atom. The minimum Gasteiger partial charge on any atom is -0.493 e. The first-order valence-corrected chi connectivity index (χ1v) is 7.77. The van der Waals surface area contributed by atoms with Gasteiger partial charge in [-0.2, -0.15) is 5.10 Å². The number of aromatic nitrogens is 1. The molecule has 0 saturated heterocycles. The second-order valence-electron chi connectivity index (χ2n) is 5.28. The minimum atomic E-state index is -0.505. The fraction of sp³-hybridized carbons (Fsp3) is 0.294. The summed E-state index contributed by atoms with van der Waals surface area (Å²) < 4.78 is 11.1. The maximum atomic E-state index is 10.6. The third-order valence-electron chi connectivity index (χ3n) is 3.44. The summed E-state index contributed by atoms with van der Waals surface area (Å²) >= 11 is 0. The van der Waals surface area contributed by atoms with Crippen LogP contribution in [0.4, 0.5) is 11.5 Å². The topological polar surface area (TPSA) is 98.9 Å². The highest BCUT2D eigenvalue weighted by atomic mass is 16.6. The smallest absolute Gasteiger partial charge is 0.287 e. The molecule has 1 heterocycles. The summed E-state index contributed by atoms with van der Waals surface area (Å²) in [5, 5.41) is 14.6. The van der Waals surface area contributed by atoms with Gasteiger partial charge in [-0.25, -0.2) is 4.98 Å². The number of pyridine rings is 1. The van der Waals surface area contributed by atoms with Crippen LogP contribution in [0, 0.1) is 10.1 Å². The molecule has 0 aliphatic rings. The lowest BCUT2D eigenvalue weighted by Crippen LogP contribution is -2.10. The number of nitro groups is 1. The van der Waals surface area contributed by atoms with E-state index in [2.05, 4.69) is 22.4 Å². The van der Waals surface area contributed by atoms with Gasteiger partial charge in [-0.15, -0.1) is 0 Å². The summed E-state index contributed by atoms with van der Waals surface area (Å²) in [4.78, 5) is 14.0. The average Bonchev–Trinajstić information content (AvgIpc) is 2.63. The Labute approximate surface area is 145 Å². The molecular formula is C17H20N4O4. The standard InChI is InChI=1S/C17H20N4O4/c1-4-12(2)25-15-7-5-13(9-16(15)24-3)10-19-20-17-8-6-14(11-18-17)21(22)23/h5-12H,4H2,1-3H3,(H,18,20)/b19-10+/t12-/m0/s1. The molecule has 2 aromatic rings. The molecule has 8 heteroatoms. The molecule has 0 spiro atoms. The number of benzene rings is 1. The van der Waals surface area contributed by atoms with Crippen LogP contribution < -0.4 is 14.9 Å². The number of hydrogen-bond donors (Lipinski definition) is 1. The van der Waals surface area contributed by atoms with Crippen molar-refractivity contribution >= 4 is 17.7 Å². The number of hydrogen-bond acceptors (Lipinski definition) is 7. The van der Waals surface area contributed by atoms with E-state index in [0.29, 0.717) is 17.3 Å². The van der Waals surface area contributed by atoms with E-state index in [1.54, 1.807) is 13.3 Å². The van der Waals surface area contributed by atoms with Crippen LogP contribution >= 0.6 is 0 Å². The number of anilines is 1. The van der Waals surface area contributed by atoms with E-state index < -0.39 is 4.92 Å². The van der Waals surface area contributed by atoms with Gasteiger partial charge in [-0.05, 0) is 43.2 Å². The molecule has 25 heavy (non-hydrogen) atoms. The van der Waals surface area contributed by atoms with Crippen LogP contribution in [0.5, 0.6) is 11.5 Å². The summed E-state index contributed by atoms with van der Waals surface area (Å²) in [6.45, 7) is 4.05. The fourth-order valence-electron chi connectivity index (χ4n) is 1.90. The Morgan fingerprint density at radius 1 is 1.36 bits per heavy atom. The number of methoxy groups -OCH3 is 1. The normalized spacial score (nSPS) is 12.0. The molecule has 1 N–H and O–H groups in total. The average molecular weight is 344 g/mol. The lowest BCUT2D eigenvalue weighted by atomic mass is 10.2. The molecule has 0 aliphatic carbocycles. The molecule has 0 radical (unpaired) electrons. The van der Waals surface area contributed by atoms with Crippen molar-refractivity contribution < 1.29 is 14.4 Å². The lowest BCUT2D eigenvalue weighted by molar-refractivity contribution is -0.385. The molecule has 1 aromatic heterocycles. The molecule has 0 unspecified atom stereocenters. The number of rotatable bonds is 8. The number of nitrogens with one attached hydrogen (secondary N) is 1. The van der Waals surface area contributed by atoms with Gasteiger partial charge in [0.25, 0.3) is 5.69 Å². The van der Waals surface area contributed by atoms with Crippen LogP contribution in [0.3, 0.4) is 0 Å². The van der Waals surface area contributed by atoms with E-state index >= 15 is 0 Å². The zero-order valence-corrected chi connectivity index (χ0v) is 14.3. The molecular weight excluding hydrogens is 324 g/mol. The first-order valence-electron chi connectivity index (χ1n) is 7.77. The van der Waals surface area contributed by atoms with Crippen LogP contribution in [-0.4, -0.2) is 29.3 Å². The van der Waals surface area contributed by atoms with Crippen LogP contribution in [0.2, 0.25) is 0 Å². The molecule has 1 aromatic carbocycles. The maximum Gasteiger partial charge on any atom is 0.287 e. The molecule has 0 bridgehead atoms. The van der Waals surface area contributed by atoms with Crippen molar-refractivity contribution in [2.24, 2.45) is 5.10 Å². The lowest BCUT2D eigenvalue weighted by Gasteiger charge is -2.15. The largest absolute Gasteiger partial charge is 0.493 e. The van der Waals surface area contributed by atoms with Gasteiger partial charge in [0.2, 0.25) is 0 Å². The summed E-state index contributed by atoms with van der Waals surface area (Å²) in [7, 11) is 1.58. The van der Waals surface area contributed by atoms with Gasteiger partial charge in [0.15, 0.2) is 11.5 Å². The quantitative estimate of drug-likeness (QED) is 0.446. The van der Waals surface area contributed by atoms with Crippen molar-refractivity contribution in [2.45, 2.75) is 26.4 Å². The van der Waals surface area contributed by atoms with Crippen LogP contribution in [0.25, 0.3) is 0 Å². The Kier molecular flexibility index (Phi) is 6.27. The molecule has 2 rings (SSSR count). The number of hydrazone groups is 1. The number of nitrogens with zero attached hydrogens (tertiary/aromatic N) is 3. The Morgan fingerprint density at radius 3 is 2.76 bits per heavy atom. The van der Waals surface area contributed by atoms with E-state index in [4.69, 9.17) is 9.47 Å². The summed E-state index contributed by atoms with van der Waals surface area (Å²) in [6.07, 6.45) is 3.77. The monoisotopic (exact) mass is 344 g/mol. The molecule has 132 valence electrons. The predicted molar refractivity (Wildman–Crippen MR) is 95.5 cm³/mol. The van der Waals surface area contributed by atoms with E-state index in [1.165, 1.54) is 18.3 Å². The van der Waals surface area contributed by atoms with Gasteiger partial charge in [0.05, 0.1) is 24.4 Å².